The summed E-state index contributed by atoms with van der Waals surface area (Å²) in [4.78, 5) is 0. The lowest BCUT2D eigenvalue weighted by atomic mass is 10.3. The van der Waals surface area contributed by atoms with E-state index in [0.717, 1.165) is 6.42 Å². The number of hydrogen-bond acceptors (Lipinski definition) is 5. The smallest absolute Gasteiger partial charge is 0.253 e. The summed E-state index contributed by atoms with van der Waals surface area (Å²) in [5.74, 6) is 1.61. The maximum atomic E-state index is 5.96. The first-order valence-electron chi connectivity index (χ1n) is 5.68. The number of rotatable bonds is 6. The van der Waals surface area contributed by atoms with Crippen molar-refractivity contribution in [3.05, 3.63) is 41.1 Å². The molecule has 1 aromatic carbocycles. The van der Waals surface area contributed by atoms with Crippen molar-refractivity contribution in [2.45, 2.75) is 19.4 Å². The fourth-order valence-corrected chi connectivity index (χ4v) is 1.59. The summed E-state index contributed by atoms with van der Waals surface area (Å²) >= 11 is 5.96. The molecule has 0 spiro atoms. The zero-order valence-electron chi connectivity index (χ0n) is 9.80. The van der Waals surface area contributed by atoms with Crippen LogP contribution in [-0.4, -0.2) is 16.7 Å². The number of hydrogen-bond donors (Lipinski definition) is 1. The number of aromatic nitrogens is 2. The molecule has 0 fully saturated rings. The highest BCUT2D eigenvalue weighted by Gasteiger charge is 2.07. The zero-order chi connectivity index (χ0) is 12.8. The molecular formula is C12H14ClN3O2. The molecule has 1 aromatic heterocycles. The van der Waals surface area contributed by atoms with Crippen LogP contribution in [0, 0.1) is 0 Å². The Balaban J connectivity index is 1.90. The number of nitrogens with two attached hydrogens (primary N) is 1. The summed E-state index contributed by atoms with van der Waals surface area (Å²) in [7, 11) is 0. The first-order chi connectivity index (χ1) is 8.79. The standard InChI is InChI=1S/C12H14ClN3O2/c13-9-4-1-2-5-10(9)17-8-12-16-15-11(18-12)6-3-7-14/h1-2,4-5H,3,6-8,14H2. The van der Waals surface area contributed by atoms with Gasteiger partial charge in [-0.3, -0.25) is 0 Å². The minimum atomic E-state index is 0.208. The van der Waals surface area contributed by atoms with Crippen molar-refractivity contribution in [2.24, 2.45) is 5.73 Å². The molecule has 0 saturated heterocycles. The Morgan fingerprint density at radius 1 is 1.22 bits per heavy atom. The highest BCUT2D eigenvalue weighted by molar-refractivity contribution is 6.32. The van der Waals surface area contributed by atoms with E-state index >= 15 is 0 Å². The third-order valence-corrected chi connectivity index (χ3v) is 2.60. The van der Waals surface area contributed by atoms with Crippen LogP contribution in [0.25, 0.3) is 0 Å². The third-order valence-electron chi connectivity index (χ3n) is 2.29. The van der Waals surface area contributed by atoms with Crippen LogP contribution in [0.15, 0.2) is 28.7 Å². The number of para-hydroxylation sites is 1. The third kappa shape index (κ3) is 3.45. The summed E-state index contributed by atoms with van der Waals surface area (Å²) in [5.41, 5.74) is 5.41. The van der Waals surface area contributed by atoms with Gasteiger partial charge in [-0.25, -0.2) is 0 Å². The van der Waals surface area contributed by atoms with Gasteiger partial charge in [0.25, 0.3) is 5.89 Å². The van der Waals surface area contributed by atoms with E-state index in [9.17, 15) is 0 Å². The first-order valence-corrected chi connectivity index (χ1v) is 6.06. The molecule has 96 valence electrons. The molecule has 6 heteroatoms. The maximum Gasteiger partial charge on any atom is 0.253 e. The van der Waals surface area contributed by atoms with Gasteiger partial charge in [0, 0.05) is 6.42 Å². The van der Waals surface area contributed by atoms with Gasteiger partial charge in [0.2, 0.25) is 5.89 Å². The van der Waals surface area contributed by atoms with E-state index < -0.39 is 0 Å². The molecular weight excluding hydrogens is 254 g/mol. The van der Waals surface area contributed by atoms with Crippen molar-refractivity contribution in [3.63, 3.8) is 0 Å². The number of aryl methyl sites for hydroxylation is 1. The van der Waals surface area contributed by atoms with Crippen LogP contribution < -0.4 is 10.5 Å². The van der Waals surface area contributed by atoms with Crippen molar-refractivity contribution < 1.29 is 9.15 Å². The van der Waals surface area contributed by atoms with Gasteiger partial charge < -0.3 is 14.9 Å². The van der Waals surface area contributed by atoms with Crippen molar-refractivity contribution in [1.82, 2.24) is 10.2 Å². The number of ether oxygens (including phenoxy) is 1. The quantitative estimate of drug-likeness (QED) is 0.868. The van der Waals surface area contributed by atoms with Gasteiger partial charge in [-0.2, -0.15) is 0 Å². The molecule has 18 heavy (non-hydrogen) atoms. The van der Waals surface area contributed by atoms with E-state index in [1.54, 1.807) is 12.1 Å². The van der Waals surface area contributed by atoms with Crippen molar-refractivity contribution in [3.8, 4) is 5.75 Å². The second kappa shape index (κ2) is 6.37. The highest BCUT2D eigenvalue weighted by atomic mass is 35.5. The Labute approximate surface area is 110 Å². The van der Waals surface area contributed by atoms with E-state index in [1.807, 2.05) is 12.1 Å². The Hall–Kier alpha value is -1.59. The highest BCUT2D eigenvalue weighted by Crippen LogP contribution is 2.23. The largest absolute Gasteiger partial charge is 0.482 e. The molecule has 5 nitrogen and oxygen atoms in total. The van der Waals surface area contributed by atoms with Crippen LogP contribution >= 0.6 is 11.6 Å². The van der Waals surface area contributed by atoms with E-state index in [-0.39, 0.29) is 6.61 Å². The van der Waals surface area contributed by atoms with Gasteiger partial charge in [0.1, 0.15) is 5.75 Å². The summed E-state index contributed by atoms with van der Waals surface area (Å²) < 4.78 is 10.9. The molecule has 0 radical (unpaired) electrons. The van der Waals surface area contributed by atoms with Crippen LogP contribution in [0.3, 0.4) is 0 Å². The summed E-state index contributed by atoms with van der Waals surface area (Å²) in [6.07, 6.45) is 1.52. The average Bonchev–Trinajstić information content (AvgIpc) is 2.83. The Bertz CT molecular complexity index is 502. The van der Waals surface area contributed by atoms with E-state index in [4.69, 9.17) is 26.5 Å². The van der Waals surface area contributed by atoms with Crippen molar-refractivity contribution >= 4 is 11.6 Å². The molecule has 2 rings (SSSR count). The van der Waals surface area contributed by atoms with Gasteiger partial charge in [-0.05, 0) is 25.1 Å². The van der Waals surface area contributed by atoms with Gasteiger partial charge in [0.05, 0.1) is 5.02 Å². The molecule has 0 saturated carbocycles. The SMILES string of the molecule is NCCCc1nnc(COc2ccccc2Cl)o1. The van der Waals surface area contributed by atoms with Crippen molar-refractivity contribution in [1.29, 1.82) is 0 Å². The normalized spacial score (nSPS) is 10.6. The number of nitrogens with zero attached hydrogens (tertiary/aromatic N) is 2. The lowest BCUT2D eigenvalue weighted by Gasteiger charge is -2.04. The Kier molecular flexibility index (Phi) is 4.55. The van der Waals surface area contributed by atoms with Gasteiger partial charge in [-0.1, -0.05) is 23.7 Å². The monoisotopic (exact) mass is 267 g/mol. The zero-order valence-corrected chi connectivity index (χ0v) is 10.6. The Morgan fingerprint density at radius 3 is 2.78 bits per heavy atom. The first kappa shape index (κ1) is 12.9. The molecule has 0 amide bonds. The lowest BCUT2D eigenvalue weighted by Crippen LogP contribution is -2.00. The molecule has 2 N–H and O–H groups in total. The summed E-state index contributed by atoms with van der Waals surface area (Å²) in [6.45, 7) is 0.813. The molecule has 0 aliphatic heterocycles. The Morgan fingerprint density at radius 2 is 2.00 bits per heavy atom. The van der Waals surface area contributed by atoms with Gasteiger partial charge >= 0.3 is 0 Å². The predicted octanol–water partition coefficient (Wildman–Crippen LogP) is 2.19. The van der Waals surface area contributed by atoms with Crippen molar-refractivity contribution in [2.75, 3.05) is 6.54 Å². The number of halogens is 1. The summed E-state index contributed by atoms with van der Waals surface area (Å²) in [6, 6.07) is 7.24. The maximum absolute atomic E-state index is 5.96. The van der Waals surface area contributed by atoms with E-state index in [1.165, 1.54) is 0 Å². The minimum Gasteiger partial charge on any atom is -0.482 e. The molecule has 0 aliphatic carbocycles. The van der Waals surface area contributed by atoms with Crippen LogP contribution in [0.4, 0.5) is 0 Å². The van der Waals surface area contributed by atoms with Crippen LogP contribution in [-0.2, 0) is 13.0 Å². The van der Waals surface area contributed by atoms with E-state index in [0.29, 0.717) is 35.5 Å². The topological polar surface area (TPSA) is 74.2 Å². The minimum absolute atomic E-state index is 0.208. The molecule has 0 aliphatic rings. The van der Waals surface area contributed by atoms with Crippen LogP contribution in [0.2, 0.25) is 5.02 Å². The molecule has 0 bridgehead atoms. The molecule has 1 heterocycles. The molecule has 2 aromatic rings. The average molecular weight is 268 g/mol. The van der Waals surface area contributed by atoms with E-state index in [2.05, 4.69) is 10.2 Å². The summed E-state index contributed by atoms with van der Waals surface area (Å²) in [5, 5.41) is 8.35. The number of benzene rings is 1. The molecule has 0 atom stereocenters. The lowest BCUT2D eigenvalue weighted by molar-refractivity contribution is 0.259. The fourth-order valence-electron chi connectivity index (χ4n) is 1.40. The van der Waals surface area contributed by atoms with Gasteiger partial charge in [-0.15, -0.1) is 10.2 Å². The predicted molar refractivity (Wildman–Crippen MR) is 67.5 cm³/mol. The van der Waals surface area contributed by atoms with Gasteiger partial charge in [0.15, 0.2) is 6.61 Å². The second-order valence-electron chi connectivity index (χ2n) is 3.70. The second-order valence-corrected chi connectivity index (χ2v) is 4.11. The van der Waals surface area contributed by atoms with Crippen LogP contribution in [0.1, 0.15) is 18.2 Å². The fraction of sp³-hybridized carbons (Fsp3) is 0.333. The molecule has 0 unspecified atom stereocenters. The van der Waals surface area contributed by atoms with Crippen LogP contribution in [0.5, 0.6) is 5.75 Å².